The van der Waals surface area contributed by atoms with Crippen LogP contribution in [0.5, 0.6) is 17.2 Å². The first-order valence-corrected chi connectivity index (χ1v) is 6.09. The molecule has 1 N–H and O–H groups in total. The molecule has 4 heteroatoms. The lowest BCUT2D eigenvalue weighted by Gasteiger charge is -2.32. The Balaban J connectivity index is 2.02. The summed E-state index contributed by atoms with van der Waals surface area (Å²) in [5.41, 5.74) is 1.18. The average Bonchev–Trinajstić information content (AvgIpc) is 2.78. The molecule has 4 nitrogen and oxygen atoms in total. The highest BCUT2D eigenvalue weighted by Crippen LogP contribution is 2.44. The van der Waals surface area contributed by atoms with Crippen molar-refractivity contribution >= 4 is 0 Å². The van der Waals surface area contributed by atoms with Crippen LogP contribution in [0.15, 0.2) is 12.1 Å². The summed E-state index contributed by atoms with van der Waals surface area (Å²) < 4.78 is 16.5. The van der Waals surface area contributed by atoms with E-state index in [1.165, 1.54) is 5.56 Å². The molecule has 0 aliphatic carbocycles. The van der Waals surface area contributed by atoms with Crippen molar-refractivity contribution in [3.8, 4) is 17.2 Å². The van der Waals surface area contributed by atoms with Gasteiger partial charge in [0, 0.05) is 23.6 Å². The van der Waals surface area contributed by atoms with E-state index in [2.05, 4.69) is 19.2 Å². The van der Waals surface area contributed by atoms with Crippen LogP contribution in [0.3, 0.4) is 0 Å². The van der Waals surface area contributed by atoms with E-state index in [1.807, 2.05) is 12.1 Å². The molecule has 2 unspecified atom stereocenters. The van der Waals surface area contributed by atoms with Crippen molar-refractivity contribution in [3.63, 3.8) is 0 Å². The SMILES string of the molecule is CCNC1c2cc3c(cc2OCC1C)OCO3. The molecule has 1 aromatic carbocycles. The van der Waals surface area contributed by atoms with Gasteiger partial charge in [0.1, 0.15) is 5.75 Å². The summed E-state index contributed by atoms with van der Waals surface area (Å²) >= 11 is 0. The molecule has 0 aromatic heterocycles. The van der Waals surface area contributed by atoms with Crippen LogP contribution < -0.4 is 19.5 Å². The fourth-order valence-electron chi connectivity index (χ4n) is 2.46. The number of hydrogen-bond acceptors (Lipinski definition) is 4. The smallest absolute Gasteiger partial charge is 0.231 e. The quantitative estimate of drug-likeness (QED) is 0.852. The molecule has 0 fully saturated rings. The number of ether oxygens (including phenoxy) is 3. The van der Waals surface area contributed by atoms with Crippen LogP contribution in [0.4, 0.5) is 0 Å². The molecule has 2 atom stereocenters. The predicted molar refractivity (Wildman–Crippen MR) is 63.6 cm³/mol. The van der Waals surface area contributed by atoms with Gasteiger partial charge in [0.15, 0.2) is 11.5 Å². The highest BCUT2D eigenvalue weighted by molar-refractivity contribution is 5.53. The Labute approximate surface area is 101 Å². The van der Waals surface area contributed by atoms with Gasteiger partial charge in [0.05, 0.1) is 6.61 Å². The minimum Gasteiger partial charge on any atom is -0.493 e. The molecule has 3 rings (SSSR count). The molecule has 0 bridgehead atoms. The van der Waals surface area contributed by atoms with Crippen LogP contribution in [0.25, 0.3) is 0 Å². The number of rotatable bonds is 2. The van der Waals surface area contributed by atoms with Crippen LogP contribution in [0.2, 0.25) is 0 Å². The van der Waals surface area contributed by atoms with Crippen molar-refractivity contribution in [1.29, 1.82) is 0 Å². The summed E-state index contributed by atoms with van der Waals surface area (Å²) in [7, 11) is 0. The largest absolute Gasteiger partial charge is 0.493 e. The van der Waals surface area contributed by atoms with Crippen LogP contribution in [-0.2, 0) is 0 Å². The molecule has 0 saturated carbocycles. The van der Waals surface area contributed by atoms with Gasteiger partial charge in [0.2, 0.25) is 6.79 Å². The molecule has 17 heavy (non-hydrogen) atoms. The van der Waals surface area contributed by atoms with Crippen LogP contribution in [0.1, 0.15) is 25.5 Å². The van der Waals surface area contributed by atoms with Crippen molar-refractivity contribution in [2.24, 2.45) is 5.92 Å². The van der Waals surface area contributed by atoms with E-state index in [-0.39, 0.29) is 0 Å². The van der Waals surface area contributed by atoms with Gasteiger partial charge in [0.25, 0.3) is 0 Å². The van der Waals surface area contributed by atoms with Crippen LogP contribution >= 0.6 is 0 Å². The van der Waals surface area contributed by atoms with Gasteiger partial charge in [-0.1, -0.05) is 13.8 Å². The van der Waals surface area contributed by atoms with Gasteiger partial charge >= 0.3 is 0 Å². The first-order chi connectivity index (χ1) is 8.29. The van der Waals surface area contributed by atoms with Gasteiger partial charge in [-0.3, -0.25) is 0 Å². The lowest BCUT2D eigenvalue weighted by Crippen LogP contribution is -2.33. The second-order valence-electron chi connectivity index (χ2n) is 4.57. The number of fused-ring (bicyclic) bond motifs is 2. The zero-order valence-electron chi connectivity index (χ0n) is 10.2. The second kappa shape index (κ2) is 4.11. The normalized spacial score (nSPS) is 25.3. The molecule has 1 aromatic rings. The Bertz CT molecular complexity index is 433. The Hall–Kier alpha value is -1.42. The van der Waals surface area contributed by atoms with Crippen molar-refractivity contribution < 1.29 is 14.2 Å². The molecule has 0 radical (unpaired) electrons. The minimum absolute atomic E-state index is 0.305. The van der Waals surface area contributed by atoms with Gasteiger partial charge in [-0.05, 0) is 12.6 Å². The van der Waals surface area contributed by atoms with E-state index >= 15 is 0 Å². The average molecular weight is 235 g/mol. The number of nitrogens with one attached hydrogen (secondary N) is 1. The third-order valence-corrected chi connectivity index (χ3v) is 3.33. The summed E-state index contributed by atoms with van der Waals surface area (Å²) in [4.78, 5) is 0. The summed E-state index contributed by atoms with van der Waals surface area (Å²) in [6, 6.07) is 4.31. The number of benzene rings is 1. The zero-order valence-corrected chi connectivity index (χ0v) is 10.2. The summed E-state index contributed by atoms with van der Waals surface area (Å²) in [5.74, 6) is 2.99. The topological polar surface area (TPSA) is 39.7 Å². The Morgan fingerprint density at radius 1 is 1.18 bits per heavy atom. The summed E-state index contributed by atoms with van der Waals surface area (Å²) in [6.07, 6.45) is 0. The van der Waals surface area contributed by atoms with E-state index in [9.17, 15) is 0 Å². The Morgan fingerprint density at radius 2 is 1.94 bits per heavy atom. The first kappa shape index (κ1) is 10.7. The monoisotopic (exact) mass is 235 g/mol. The maximum absolute atomic E-state index is 5.76. The third kappa shape index (κ3) is 1.72. The summed E-state index contributed by atoms with van der Waals surface area (Å²) in [6.45, 7) is 6.31. The van der Waals surface area contributed by atoms with Crippen molar-refractivity contribution in [2.45, 2.75) is 19.9 Å². The van der Waals surface area contributed by atoms with Gasteiger partial charge in [-0.25, -0.2) is 0 Å². The zero-order chi connectivity index (χ0) is 11.8. The molecule has 2 heterocycles. The van der Waals surface area contributed by atoms with E-state index in [0.29, 0.717) is 18.8 Å². The lowest BCUT2D eigenvalue weighted by molar-refractivity contribution is 0.173. The molecule has 2 aliphatic heterocycles. The molecular formula is C13H17NO3. The highest BCUT2D eigenvalue weighted by Gasteiger charge is 2.30. The Morgan fingerprint density at radius 3 is 2.71 bits per heavy atom. The maximum Gasteiger partial charge on any atom is 0.231 e. The molecule has 92 valence electrons. The molecule has 2 aliphatic rings. The highest BCUT2D eigenvalue weighted by atomic mass is 16.7. The third-order valence-electron chi connectivity index (χ3n) is 3.33. The van der Waals surface area contributed by atoms with Gasteiger partial charge in [-0.2, -0.15) is 0 Å². The standard InChI is InChI=1S/C13H17NO3/c1-3-14-13-8(2)6-15-10-5-12-11(4-9(10)13)16-7-17-12/h4-5,8,13-14H,3,6-7H2,1-2H3. The molecule has 0 spiro atoms. The fraction of sp³-hybridized carbons (Fsp3) is 0.538. The molecule has 0 amide bonds. The maximum atomic E-state index is 5.76. The van der Waals surface area contributed by atoms with Crippen molar-refractivity contribution in [2.75, 3.05) is 19.9 Å². The van der Waals surface area contributed by atoms with E-state index in [1.54, 1.807) is 0 Å². The minimum atomic E-state index is 0.305. The van der Waals surface area contributed by atoms with E-state index in [0.717, 1.165) is 30.4 Å². The lowest BCUT2D eigenvalue weighted by atomic mass is 9.91. The van der Waals surface area contributed by atoms with E-state index < -0.39 is 0 Å². The number of hydrogen-bond donors (Lipinski definition) is 1. The predicted octanol–water partition coefficient (Wildman–Crippen LogP) is 2.09. The van der Waals surface area contributed by atoms with Crippen LogP contribution in [0, 0.1) is 5.92 Å². The summed E-state index contributed by atoms with van der Waals surface area (Å²) in [5, 5.41) is 3.51. The van der Waals surface area contributed by atoms with Gasteiger partial charge < -0.3 is 19.5 Å². The second-order valence-corrected chi connectivity index (χ2v) is 4.57. The molecular weight excluding hydrogens is 218 g/mol. The molecule has 0 saturated heterocycles. The fourth-order valence-corrected chi connectivity index (χ4v) is 2.46. The first-order valence-electron chi connectivity index (χ1n) is 6.09. The van der Waals surface area contributed by atoms with Gasteiger partial charge in [-0.15, -0.1) is 0 Å². The van der Waals surface area contributed by atoms with E-state index in [4.69, 9.17) is 14.2 Å². The van der Waals surface area contributed by atoms with Crippen molar-refractivity contribution in [3.05, 3.63) is 17.7 Å². The van der Waals surface area contributed by atoms with Crippen LogP contribution in [-0.4, -0.2) is 19.9 Å². The Kier molecular flexibility index (Phi) is 2.59. The van der Waals surface area contributed by atoms with Crippen molar-refractivity contribution in [1.82, 2.24) is 5.32 Å².